The second-order valence-electron chi connectivity index (χ2n) is 4.02. The molecule has 0 amide bonds. The summed E-state index contributed by atoms with van der Waals surface area (Å²) in [6.45, 7) is 2.74. The molecular weight excluding hydrogens is 248 g/mol. The number of ether oxygens (including phenoxy) is 1. The molecule has 0 aromatic heterocycles. The van der Waals surface area contributed by atoms with Crippen molar-refractivity contribution in [3.8, 4) is 5.75 Å². The van der Waals surface area contributed by atoms with E-state index in [1.54, 1.807) is 18.2 Å². The molecule has 0 aliphatic carbocycles. The zero-order valence-corrected chi connectivity index (χ0v) is 11.5. The van der Waals surface area contributed by atoms with Gasteiger partial charge in [0.15, 0.2) is 0 Å². The molecule has 0 radical (unpaired) electrons. The van der Waals surface area contributed by atoms with E-state index in [1.807, 2.05) is 6.07 Å². The molecule has 0 heterocycles. The summed E-state index contributed by atoms with van der Waals surface area (Å²) in [6.07, 6.45) is 8.68. The van der Waals surface area contributed by atoms with Crippen LogP contribution in [0.25, 0.3) is 0 Å². The molecule has 0 aliphatic rings. The Bertz CT molecular complexity index is 399. The number of carbonyl (C=O) groups excluding carboxylic acids is 1. The zero-order chi connectivity index (χ0) is 13.2. The molecule has 0 saturated carbocycles. The smallest absolute Gasteiger partial charge is 0.256 e. The van der Waals surface area contributed by atoms with Crippen LogP contribution in [-0.2, 0) is 0 Å². The molecule has 0 aliphatic heterocycles. The lowest BCUT2D eigenvalue weighted by Crippen LogP contribution is -2.00. The number of benzene rings is 1. The summed E-state index contributed by atoms with van der Waals surface area (Å²) in [4.78, 5) is 11.1. The number of hydrogen-bond acceptors (Lipinski definition) is 2. The number of para-hydroxylation sites is 1. The van der Waals surface area contributed by atoms with Gasteiger partial charge in [0.25, 0.3) is 5.24 Å². The number of unbranched alkanes of at least 4 members (excludes halogenated alkanes) is 2. The first kappa shape index (κ1) is 14.8. The van der Waals surface area contributed by atoms with E-state index in [4.69, 9.17) is 16.3 Å². The van der Waals surface area contributed by atoms with E-state index < -0.39 is 5.24 Å². The third-order valence-corrected chi connectivity index (χ3v) is 2.74. The molecular formula is C15H19ClO2. The molecule has 1 rings (SSSR count). The molecule has 0 unspecified atom stereocenters. The third-order valence-electron chi connectivity index (χ3n) is 2.53. The quantitative estimate of drug-likeness (QED) is 0.391. The van der Waals surface area contributed by atoms with Crippen molar-refractivity contribution in [2.45, 2.75) is 32.6 Å². The van der Waals surface area contributed by atoms with Crippen molar-refractivity contribution >= 4 is 16.8 Å². The Hall–Kier alpha value is -1.28. The summed E-state index contributed by atoms with van der Waals surface area (Å²) in [6, 6.07) is 7.03. The van der Waals surface area contributed by atoms with Gasteiger partial charge in [0.05, 0.1) is 12.2 Å². The Morgan fingerprint density at radius 3 is 2.72 bits per heavy atom. The minimum absolute atomic E-state index is 0.425. The number of hydrogen-bond donors (Lipinski definition) is 0. The molecule has 1 aromatic carbocycles. The van der Waals surface area contributed by atoms with Crippen LogP contribution in [0.1, 0.15) is 43.0 Å². The predicted molar refractivity (Wildman–Crippen MR) is 75.4 cm³/mol. The van der Waals surface area contributed by atoms with Gasteiger partial charge in [0.2, 0.25) is 0 Å². The summed E-state index contributed by atoms with van der Waals surface area (Å²) >= 11 is 5.47. The second-order valence-corrected chi connectivity index (χ2v) is 4.36. The SMILES string of the molecule is CCCCC=CCCOc1ccccc1C(=O)Cl. The van der Waals surface area contributed by atoms with Crippen molar-refractivity contribution in [3.63, 3.8) is 0 Å². The first-order valence-electron chi connectivity index (χ1n) is 6.32. The Balaban J connectivity index is 2.35. The maximum atomic E-state index is 11.1. The largest absolute Gasteiger partial charge is 0.492 e. The predicted octanol–water partition coefficient (Wildman–Crippen LogP) is 4.58. The van der Waals surface area contributed by atoms with Crippen molar-refractivity contribution < 1.29 is 9.53 Å². The number of allylic oxidation sites excluding steroid dienone is 1. The van der Waals surface area contributed by atoms with E-state index in [-0.39, 0.29) is 0 Å². The molecule has 98 valence electrons. The summed E-state index contributed by atoms with van der Waals surface area (Å²) in [5, 5.41) is -0.482. The fraction of sp³-hybridized carbons (Fsp3) is 0.400. The molecule has 0 bridgehead atoms. The van der Waals surface area contributed by atoms with Gasteiger partial charge < -0.3 is 4.74 Å². The fourth-order valence-corrected chi connectivity index (χ4v) is 1.71. The Morgan fingerprint density at radius 1 is 1.28 bits per heavy atom. The van der Waals surface area contributed by atoms with Crippen LogP contribution in [0, 0.1) is 0 Å². The van der Waals surface area contributed by atoms with Crippen molar-refractivity contribution in [2.75, 3.05) is 6.61 Å². The first-order valence-corrected chi connectivity index (χ1v) is 6.70. The lowest BCUT2D eigenvalue weighted by Gasteiger charge is -2.07. The molecule has 2 nitrogen and oxygen atoms in total. The van der Waals surface area contributed by atoms with Gasteiger partial charge in [-0.2, -0.15) is 0 Å². The van der Waals surface area contributed by atoms with Gasteiger partial charge >= 0.3 is 0 Å². The van der Waals surface area contributed by atoms with Crippen molar-refractivity contribution in [3.05, 3.63) is 42.0 Å². The van der Waals surface area contributed by atoms with Crippen LogP contribution in [0.3, 0.4) is 0 Å². The minimum atomic E-state index is -0.482. The van der Waals surface area contributed by atoms with Gasteiger partial charge in [0.1, 0.15) is 5.75 Å². The summed E-state index contributed by atoms with van der Waals surface area (Å²) in [5.74, 6) is 0.555. The van der Waals surface area contributed by atoms with E-state index in [0.29, 0.717) is 17.9 Å². The average Bonchev–Trinajstić information content (AvgIpc) is 2.38. The van der Waals surface area contributed by atoms with E-state index in [0.717, 1.165) is 12.8 Å². The zero-order valence-electron chi connectivity index (χ0n) is 10.7. The van der Waals surface area contributed by atoms with Crippen molar-refractivity contribution in [1.82, 2.24) is 0 Å². The molecule has 0 spiro atoms. The van der Waals surface area contributed by atoms with Gasteiger partial charge in [-0.3, -0.25) is 4.79 Å². The highest BCUT2D eigenvalue weighted by atomic mass is 35.5. The molecule has 1 aromatic rings. The topological polar surface area (TPSA) is 26.3 Å². The number of carbonyl (C=O) groups is 1. The van der Waals surface area contributed by atoms with Crippen LogP contribution in [0.4, 0.5) is 0 Å². The number of halogens is 1. The maximum absolute atomic E-state index is 11.1. The maximum Gasteiger partial charge on any atom is 0.256 e. The summed E-state index contributed by atoms with van der Waals surface area (Å²) < 4.78 is 5.55. The van der Waals surface area contributed by atoms with Crippen LogP contribution < -0.4 is 4.74 Å². The standard InChI is InChI=1S/C15H19ClO2/c1-2-3-4-5-6-9-12-18-14-11-8-7-10-13(14)15(16)17/h5-8,10-11H,2-4,9,12H2,1H3. The summed E-state index contributed by atoms with van der Waals surface area (Å²) in [7, 11) is 0. The van der Waals surface area contributed by atoms with Gasteiger partial charge in [-0.05, 0) is 36.6 Å². The van der Waals surface area contributed by atoms with E-state index in [1.165, 1.54) is 12.8 Å². The van der Waals surface area contributed by atoms with Crippen LogP contribution in [0.5, 0.6) is 5.75 Å². The molecule has 0 fully saturated rings. The van der Waals surface area contributed by atoms with Crippen molar-refractivity contribution in [2.24, 2.45) is 0 Å². The van der Waals surface area contributed by atoms with Crippen LogP contribution >= 0.6 is 11.6 Å². The van der Waals surface area contributed by atoms with Gasteiger partial charge in [-0.1, -0.05) is 44.1 Å². The second kappa shape index (κ2) is 8.76. The Kier molecular flexibility index (Phi) is 7.19. The highest BCUT2D eigenvalue weighted by Crippen LogP contribution is 2.19. The third kappa shape index (κ3) is 5.37. The molecule has 3 heteroatoms. The Labute approximate surface area is 114 Å². The van der Waals surface area contributed by atoms with E-state index in [9.17, 15) is 4.79 Å². The van der Waals surface area contributed by atoms with Crippen molar-refractivity contribution in [1.29, 1.82) is 0 Å². The molecule has 0 N–H and O–H groups in total. The lowest BCUT2D eigenvalue weighted by atomic mass is 10.2. The van der Waals surface area contributed by atoms with Crippen LogP contribution in [-0.4, -0.2) is 11.8 Å². The normalized spacial score (nSPS) is 10.8. The number of rotatable bonds is 8. The van der Waals surface area contributed by atoms with Crippen LogP contribution in [0.15, 0.2) is 36.4 Å². The molecule has 0 saturated heterocycles. The lowest BCUT2D eigenvalue weighted by molar-refractivity contribution is 0.107. The summed E-state index contributed by atoms with van der Waals surface area (Å²) in [5.41, 5.74) is 0.425. The van der Waals surface area contributed by atoms with Gasteiger partial charge in [-0.15, -0.1) is 0 Å². The van der Waals surface area contributed by atoms with E-state index in [2.05, 4.69) is 19.1 Å². The first-order chi connectivity index (χ1) is 8.75. The van der Waals surface area contributed by atoms with E-state index >= 15 is 0 Å². The fourth-order valence-electron chi connectivity index (χ4n) is 1.55. The van der Waals surface area contributed by atoms with Gasteiger partial charge in [-0.25, -0.2) is 0 Å². The monoisotopic (exact) mass is 266 g/mol. The highest BCUT2D eigenvalue weighted by Gasteiger charge is 2.08. The molecule has 0 atom stereocenters. The minimum Gasteiger partial charge on any atom is -0.492 e. The average molecular weight is 267 g/mol. The highest BCUT2D eigenvalue weighted by molar-refractivity contribution is 6.68. The Morgan fingerprint density at radius 2 is 2.00 bits per heavy atom. The van der Waals surface area contributed by atoms with Gasteiger partial charge in [0, 0.05) is 0 Å². The molecule has 18 heavy (non-hydrogen) atoms. The van der Waals surface area contributed by atoms with Crippen LogP contribution in [0.2, 0.25) is 0 Å².